The summed E-state index contributed by atoms with van der Waals surface area (Å²) < 4.78 is 0. The lowest BCUT2D eigenvalue weighted by molar-refractivity contribution is -0.498. The van der Waals surface area contributed by atoms with E-state index >= 15 is 0 Å². The van der Waals surface area contributed by atoms with Crippen LogP contribution in [0, 0.1) is 46.3 Å². The SMILES string of the molecule is CC12[C@@H]3C4CC5[C@H]3C1(C)[C@@H]5[C@@H]42. The molecule has 0 saturated heterocycles. The van der Waals surface area contributed by atoms with Crippen LogP contribution in [0.2, 0.25) is 0 Å². The fraction of sp³-hybridized carbons (Fsp3) is 1.00. The molecule has 4 unspecified atom stereocenters. The van der Waals surface area contributed by atoms with E-state index in [9.17, 15) is 0 Å². The third kappa shape index (κ3) is 0.172. The van der Waals surface area contributed by atoms with Crippen molar-refractivity contribution in [2.45, 2.75) is 20.3 Å². The van der Waals surface area contributed by atoms with Gasteiger partial charge in [0.05, 0.1) is 0 Å². The molecule has 0 N–H and O–H groups in total. The zero-order chi connectivity index (χ0) is 7.17. The van der Waals surface area contributed by atoms with Gasteiger partial charge in [-0.1, -0.05) is 13.8 Å². The van der Waals surface area contributed by atoms with Gasteiger partial charge in [0.15, 0.2) is 0 Å². The molecule has 0 nitrogen and oxygen atoms in total. The first-order valence-corrected chi connectivity index (χ1v) is 5.22. The van der Waals surface area contributed by atoms with Gasteiger partial charge < -0.3 is 0 Å². The maximum Gasteiger partial charge on any atom is -0.0198 e. The standard InChI is InChI=1S/C11H14/c1-10-6-4-3-5-8(6)11(10,2)9(5)7(4)10/h4-9H,3H2,1-2H3/t4?,5?,6-,7-,8-,9+,10?,11?/m1/s1. The number of rotatable bonds is 0. The molecule has 6 aliphatic carbocycles. The van der Waals surface area contributed by atoms with Crippen molar-refractivity contribution in [2.24, 2.45) is 46.3 Å². The Bertz CT molecular complexity index is 253. The van der Waals surface area contributed by atoms with Crippen LogP contribution in [0.3, 0.4) is 0 Å². The minimum absolute atomic E-state index is 0.889. The van der Waals surface area contributed by atoms with Gasteiger partial charge in [0.2, 0.25) is 0 Å². The molecule has 0 heterocycles. The predicted octanol–water partition coefficient (Wildman–Crippen LogP) is 2.15. The highest BCUT2D eigenvalue weighted by Gasteiger charge is 3.00. The van der Waals surface area contributed by atoms with Crippen LogP contribution in [0.25, 0.3) is 0 Å². The summed E-state index contributed by atoms with van der Waals surface area (Å²) in [6, 6.07) is 0. The Hall–Kier alpha value is 0. The third-order valence-electron chi connectivity index (χ3n) is 7.09. The average molecular weight is 146 g/mol. The van der Waals surface area contributed by atoms with E-state index < -0.39 is 0 Å². The summed E-state index contributed by atoms with van der Waals surface area (Å²) in [6.07, 6.45) is 1.65. The van der Waals surface area contributed by atoms with E-state index in [2.05, 4.69) is 13.8 Å². The van der Waals surface area contributed by atoms with Crippen LogP contribution in [0.1, 0.15) is 20.3 Å². The van der Waals surface area contributed by atoms with Crippen LogP contribution >= 0.6 is 0 Å². The van der Waals surface area contributed by atoms with E-state index in [4.69, 9.17) is 0 Å². The fourth-order valence-corrected chi connectivity index (χ4v) is 7.13. The summed E-state index contributed by atoms with van der Waals surface area (Å²) in [5.41, 5.74) is 1.78. The predicted molar refractivity (Wildman–Crippen MR) is 41.8 cm³/mol. The minimum atomic E-state index is 0.889. The van der Waals surface area contributed by atoms with Gasteiger partial charge >= 0.3 is 0 Å². The molecule has 0 aromatic heterocycles. The zero-order valence-corrected chi connectivity index (χ0v) is 7.17. The molecule has 0 aromatic carbocycles. The van der Waals surface area contributed by atoms with Gasteiger partial charge in [0.1, 0.15) is 0 Å². The molecule has 0 aromatic rings. The molecular weight excluding hydrogens is 132 g/mol. The maximum absolute atomic E-state index is 2.59. The lowest BCUT2D eigenvalue weighted by Gasteiger charge is -2.96. The largest absolute Gasteiger partial charge is 0.0585 e. The minimum Gasteiger partial charge on any atom is -0.0585 e. The van der Waals surface area contributed by atoms with Gasteiger partial charge in [0, 0.05) is 0 Å². The van der Waals surface area contributed by atoms with Crippen molar-refractivity contribution in [3.8, 4) is 0 Å². The van der Waals surface area contributed by atoms with E-state index in [0.29, 0.717) is 0 Å². The Morgan fingerprint density at radius 1 is 0.818 bits per heavy atom. The summed E-state index contributed by atoms with van der Waals surface area (Å²) in [6.45, 7) is 5.18. The Kier molecular flexibility index (Phi) is 0.375. The quantitative estimate of drug-likeness (QED) is 0.491. The molecule has 0 heteroatoms. The van der Waals surface area contributed by atoms with Crippen molar-refractivity contribution in [3.63, 3.8) is 0 Å². The van der Waals surface area contributed by atoms with Crippen molar-refractivity contribution in [2.75, 3.05) is 0 Å². The van der Waals surface area contributed by atoms with Crippen LogP contribution in [0.4, 0.5) is 0 Å². The average Bonchev–Trinajstić information content (AvgIpc) is 2.40. The first-order valence-electron chi connectivity index (χ1n) is 5.22. The van der Waals surface area contributed by atoms with E-state index in [1.807, 2.05) is 0 Å². The Morgan fingerprint density at radius 3 is 1.55 bits per heavy atom. The molecule has 6 saturated carbocycles. The molecular formula is C11H14. The second-order valence-electron chi connectivity index (χ2n) is 6.23. The molecule has 2 bridgehead atoms. The van der Waals surface area contributed by atoms with Gasteiger partial charge in [-0.15, -0.1) is 0 Å². The summed E-state index contributed by atoms with van der Waals surface area (Å²) in [4.78, 5) is 0. The Morgan fingerprint density at radius 2 is 1.18 bits per heavy atom. The lowest BCUT2D eigenvalue weighted by atomic mass is 9.08. The molecule has 0 spiro atoms. The van der Waals surface area contributed by atoms with Crippen LogP contribution in [-0.2, 0) is 0 Å². The molecule has 58 valence electrons. The molecule has 0 amide bonds. The fourth-order valence-electron chi connectivity index (χ4n) is 7.13. The van der Waals surface area contributed by atoms with Crippen LogP contribution < -0.4 is 0 Å². The first kappa shape index (κ1) is 4.89. The van der Waals surface area contributed by atoms with Crippen LogP contribution in [-0.4, -0.2) is 0 Å². The first-order chi connectivity index (χ1) is 5.22. The van der Waals surface area contributed by atoms with Gasteiger partial charge in [-0.25, -0.2) is 0 Å². The third-order valence-corrected chi connectivity index (χ3v) is 7.09. The van der Waals surface area contributed by atoms with Crippen molar-refractivity contribution < 1.29 is 0 Å². The van der Waals surface area contributed by atoms with E-state index in [1.54, 1.807) is 6.42 Å². The van der Waals surface area contributed by atoms with E-state index in [1.165, 1.54) is 35.5 Å². The number of hydrogen-bond acceptors (Lipinski definition) is 0. The van der Waals surface area contributed by atoms with E-state index in [0.717, 1.165) is 10.8 Å². The number of hydrogen-bond donors (Lipinski definition) is 0. The van der Waals surface area contributed by atoms with Gasteiger partial charge in [0.25, 0.3) is 0 Å². The maximum atomic E-state index is 2.59. The molecule has 0 aliphatic heterocycles. The molecule has 0 radical (unpaired) electrons. The van der Waals surface area contributed by atoms with Crippen molar-refractivity contribution in [1.29, 1.82) is 0 Å². The molecule has 6 rings (SSSR count). The summed E-state index contributed by atoms with van der Waals surface area (Å²) in [5.74, 6) is 7.39. The Balaban J connectivity index is 1.89. The van der Waals surface area contributed by atoms with Crippen molar-refractivity contribution >= 4 is 0 Å². The Labute approximate surface area is 67.4 Å². The lowest BCUT2D eigenvalue weighted by Crippen LogP contribution is -2.93. The molecule has 6 fully saturated rings. The van der Waals surface area contributed by atoms with Gasteiger partial charge in [-0.2, -0.15) is 0 Å². The monoisotopic (exact) mass is 146 g/mol. The second kappa shape index (κ2) is 0.843. The highest BCUT2D eigenvalue weighted by atomic mass is 15.0. The van der Waals surface area contributed by atoms with Crippen LogP contribution in [0.5, 0.6) is 0 Å². The van der Waals surface area contributed by atoms with E-state index in [-0.39, 0.29) is 0 Å². The summed E-state index contributed by atoms with van der Waals surface area (Å²) >= 11 is 0. The van der Waals surface area contributed by atoms with Crippen LogP contribution in [0.15, 0.2) is 0 Å². The highest BCUT2D eigenvalue weighted by molar-refractivity contribution is 5.47. The van der Waals surface area contributed by atoms with Gasteiger partial charge in [-0.05, 0) is 52.8 Å². The zero-order valence-electron chi connectivity index (χ0n) is 7.17. The molecule has 11 heavy (non-hydrogen) atoms. The normalized spacial score (nSPS) is 96.5. The van der Waals surface area contributed by atoms with Gasteiger partial charge in [-0.3, -0.25) is 0 Å². The van der Waals surface area contributed by atoms with Crippen molar-refractivity contribution in [3.05, 3.63) is 0 Å². The molecule has 8 atom stereocenters. The summed E-state index contributed by atoms with van der Waals surface area (Å²) in [7, 11) is 0. The smallest absolute Gasteiger partial charge is 0.0198 e. The second-order valence-corrected chi connectivity index (χ2v) is 6.23. The topological polar surface area (TPSA) is 0 Å². The summed E-state index contributed by atoms with van der Waals surface area (Å²) in [5, 5.41) is 0. The van der Waals surface area contributed by atoms with Crippen molar-refractivity contribution in [1.82, 2.24) is 0 Å². The highest BCUT2D eigenvalue weighted by Crippen LogP contribution is 3.04. The molecule has 6 aliphatic rings.